The van der Waals surface area contributed by atoms with E-state index >= 15 is 0 Å². The third-order valence-corrected chi connectivity index (χ3v) is 6.35. The zero-order valence-corrected chi connectivity index (χ0v) is 19.5. The number of rotatable bonds is 7. The van der Waals surface area contributed by atoms with E-state index in [9.17, 15) is 19.1 Å². The molecule has 1 aliphatic rings. The van der Waals surface area contributed by atoms with E-state index < -0.39 is 29.8 Å². The molecule has 3 aromatic carbocycles. The van der Waals surface area contributed by atoms with Crippen LogP contribution in [0.5, 0.6) is 5.75 Å². The van der Waals surface area contributed by atoms with E-state index in [0.29, 0.717) is 34.7 Å². The lowest BCUT2D eigenvalue weighted by atomic mass is 9.86. The molecule has 0 unspecified atom stereocenters. The molecule has 3 aromatic rings. The first kappa shape index (κ1) is 23.8. The first-order chi connectivity index (χ1) is 16.2. The van der Waals surface area contributed by atoms with Gasteiger partial charge in [0.05, 0.1) is 0 Å². The quantitative estimate of drug-likeness (QED) is 0.481. The maximum absolute atomic E-state index is 13.6. The van der Waals surface area contributed by atoms with E-state index in [-0.39, 0.29) is 6.54 Å². The van der Waals surface area contributed by atoms with Crippen LogP contribution in [0.25, 0.3) is 0 Å². The summed E-state index contributed by atoms with van der Waals surface area (Å²) in [5, 5.41) is 10.0. The molecule has 1 atom stereocenters. The van der Waals surface area contributed by atoms with Crippen LogP contribution in [0, 0.1) is 5.82 Å². The third-order valence-electron chi connectivity index (χ3n) is 5.99. The van der Waals surface area contributed by atoms with E-state index in [0.717, 1.165) is 17.5 Å². The molecule has 0 radical (unpaired) electrons. The van der Waals surface area contributed by atoms with Gasteiger partial charge in [0.25, 0.3) is 5.91 Å². The Kier molecular flexibility index (Phi) is 6.89. The van der Waals surface area contributed by atoms with Crippen molar-refractivity contribution in [1.82, 2.24) is 4.90 Å². The molecule has 0 aliphatic carbocycles. The number of aryl methyl sites for hydroxylation is 1. The number of carbonyl (C=O) groups is 2. The second kappa shape index (κ2) is 9.85. The van der Waals surface area contributed by atoms with Crippen molar-refractivity contribution in [2.24, 2.45) is 0 Å². The molecule has 0 bridgehead atoms. The second-order valence-electron chi connectivity index (χ2n) is 8.83. The summed E-state index contributed by atoms with van der Waals surface area (Å²) in [6, 6.07) is 18.6. The predicted molar refractivity (Wildman–Crippen MR) is 128 cm³/mol. The number of hydrogen-bond acceptors (Lipinski definition) is 3. The minimum absolute atomic E-state index is 0.00756. The topological polar surface area (TPSA) is 66.8 Å². The van der Waals surface area contributed by atoms with Crippen molar-refractivity contribution in [3.8, 4) is 5.75 Å². The minimum atomic E-state index is -1.14. The van der Waals surface area contributed by atoms with Gasteiger partial charge in [0.15, 0.2) is 0 Å². The Bertz CT molecular complexity index is 1230. The molecular formula is C27H25ClFNO4. The maximum atomic E-state index is 13.6. The maximum Gasteiger partial charge on any atom is 0.323 e. The number of halogens is 2. The number of hydrogen-bond donors (Lipinski definition) is 1. The van der Waals surface area contributed by atoms with Gasteiger partial charge in [0.1, 0.15) is 23.7 Å². The predicted octanol–water partition coefficient (Wildman–Crippen LogP) is 5.53. The number of fused-ring (bicyclic) bond motifs is 1. The molecule has 1 N–H and O–H groups in total. The first-order valence-electron chi connectivity index (χ1n) is 11.0. The van der Waals surface area contributed by atoms with Gasteiger partial charge < -0.3 is 14.7 Å². The highest BCUT2D eigenvalue weighted by Crippen LogP contribution is 2.37. The van der Waals surface area contributed by atoms with Gasteiger partial charge in [0, 0.05) is 23.6 Å². The molecule has 4 rings (SSSR count). The lowest BCUT2D eigenvalue weighted by molar-refractivity contribution is -0.137. The molecule has 1 heterocycles. The highest BCUT2D eigenvalue weighted by Gasteiger charge is 2.33. The molecule has 34 heavy (non-hydrogen) atoms. The van der Waals surface area contributed by atoms with Crippen LogP contribution < -0.4 is 4.74 Å². The average Bonchev–Trinajstić information content (AvgIpc) is 2.79. The van der Waals surface area contributed by atoms with Gasteiger partial charge in [-0.2, -0.15) is 0 Å². The van der Waals surface area contributed by atoms with E-state index in [4.69, 9.17) is 16.3 Å². The van der Waals surface area contributed by atoms with E-state index in [1.54, 1.807) is 24.3 Å². The number of amides is 1. The van der Waals surface area contributed by atoms with Crippen molar-refractivity contribution < 1.29 is 23.8 Å². The number of benzene rings is 3. The molecule has 176 valence electrons. The summed E-state index contributed by atoms with van der Waals surface area (Å²) in [6.07, 6.45) is 2.11. The first-order valence-corrected chi connectivity index (χ1v) is 11.4. The van der Waals surface area contributed by atoms with Crippen LogP contribution in [-0.2, 0) is 24.2 Å². The molecule has 0 aromatic heterocycles. The summed E-state index contributed by atoms with van der Waals surface area (Å²) in [5.41, 5.74) is 2.36. The van der Waals surface area contributed by atoms with Crippen molar-refractivity contribution in [2.75, 3.05) is 6.54 Å². The van der Waals surface area contributed by atoms with Gasteiger partial charge in [-0.25, -0.2) is 4.39 Å². The van der Waals surface area contributed by atoms with E-state index in [1.165, 1.54) is 23.1 Å². The molecule has 1 aliphatic heterocycles. The number of aliphatic carboxylic acids is 1. The molecule has 0 fully saturated rings. The standard InChI is InChI=1S/C27H25ClFNO4/c1-27(15-21-6-2-3-8-23(21)28)12-11-19-14-20(9-10-24(19)34-27)26(33)30(17-25(31)32)16-18-5-4-7-22(29)13-18/h2-10,13-14H,11-12,15-17H2,1H3,(H,31,32)/t27-/m1/s1. The Balaban J connectivity index is 1.53. The lowest BCUT2D eigenvalue weighted by Gasteiger charge is -2.36. The fourth-order valence-corrected chi connectivity index (χ4v) is 4.50. The van der Waals surface area contributed by atoms with Crippen LogP contribution in [0.4, 0.5) is 4.39 Å². The Morgan fingerprint density at radius 1 is 1.12 bits per heavy atom. The Morgan fingerprint density at radius 2 is 1.91 bits per heavy atom. The average molecular weight is 482 g/mol. The van der Waals surface area contributed by atoms with Gasteiger partial charge in [-0.05, 0) is 72.9 Å². The minimum Gasteiger partial charge on any atom is -0.487 e. The fourth-order valence-electron chi connectivity index (χ4n) is 4.29. The molecule has 7 heteroatoms. The normalized spacial score (nSPS) is 16.9. The second-order valence-corrected chi connectivity index (χ2v) is 9.23. The van der Waals surface area contributed by atoms with Crippen molar-refractivity contribution in [3.63, 3.8) is 0 Å². The Hall–Kier alpha value is -3.38. The van der Waals surface area contributed by atoms with Crippen LogP contribution in [0.1, 0.15) is 40.4 Å². The lowest BCUT2D eigenvalue weighted by Crippen LogP contribution is -2.39. The van der Waals surface area contributed by atoms with Crippen LogP contribution in [0.2, 0.25) is 5.02 Å². The van der Waals surface area contributed by atoms with E-state index in [1.807, 2.05) is 31.2 Å². The van der Waals surface area contributed by atoms with Crippen LogP contribution in [-0.4, -0.2) is 34.0 Å². The Morgan fingerprint density at radius 3 is 2.65 bits per heavy atom. The van der Waals surface area contributed by atoms with E-state index in [2.05, 4.69) is 0 Å². The number of carboxylic acids is 1. The van der Waals surface area contributed by atoms with Gasteiger partial charge in [0.2, 0.25) is 0 Å². The molecule has 0 spiro atoms. The van der Waals surface area contributed by atoms with Gasteiger partial charge in [-0.15, -0.1) is 0 Å². The van der Waals surface area contributed by atoms with Crippen LogP contribution >= 0.6 is 11.6 Å². The molecule has 5 nitrogen and oxygen atoms in total. The highest BCUT2D eigenvalue weighted by atomic mass is 35.5. The number of ether oxygens (including phenoxy) is 1. The smallest absolute Gasteiger partial charge is 0.323 e. The van der Waals surface area contributed by atoms with Crippen LogP contribution in [0.3, 0.4) is 0 Å². The largest absolute Gasteiger partial charge is 0.487 e. The summed E-state index contributed by atoms with van der Waals surface area (Å²) in [6.45, 7) is 1.55. The van der Waals surface area contributed by atoms with Gasteiger partial charge in [-0.3, -0.25) is 9.59 Å². The SMILES string of the molecule is C[C@]1(Cc2ccccc2Cl)CCc2cc(C(=O)N(CC(=O)O)Cc3cccc(F)c3)ccc2O1. The number of carbonyl (C=O) groups excluding carboxylic acids is 1. The van der Waals surface area contributed by atoms with Crippen LogP contribution in [0.15, 0.2) is 66.7 Å². The summed E-state index contributed by atoms with van der Waals surface area (Å²) in [4.78, 5) is 25.8. The van der Waals surface area contributed by atoms with Crippen molar-refractivity contribution in [1.29, 1.82) is 0 Å². The molecule has 0 saturated heterocycles. The number of carboxylic acid groups (broad SMARTS) is 1. The summed E-state index contributed by atoms with van der Waals surface area (Å²) < 4.78 is 19.9. The molecular weight excluding hydrogens is 457 g/mol. The zero-order chi connectivity index (χ0) is 24.3. The summed E-state index contributed by atoms with van der Waals surface area (Å²) >= 11 is 6.33. The summed E-state index contributed by atoms with van der Waals surface area (Å²) in [5.74, 6) is -1.31. The molecule has 0 saturated carbocycles. The summed E-state index contributed by atoms with van der Waals surface area (Å²) in [7, 11) is 0. The van der Waals surface area contributed by atoms with Crippen molar-refractivity contribution >= 4 is 23.5 Å². The Labute approximate surface area is 202 Å². The number of nitrogens with zero attached hydrogens (tertiary/aromatic N) is 1. The van der Waals surface area contributed by atoms with Crippen molar-refractivity contribution in [3.05, 3.63) is 99.8 Å². The van der Waals surface area contributed by atoms with Gasteiger partial charge in [-0.1, -0.05) is 41.9 Å². The third kappa shape index (κ3) is 5.57. The zero-order valence-electron chi connectivity index (χ0n) is 18.8. The molecule has 1 amide bonds. The monoisotopic (exact) mass is 481 g/mol. The van der Waals surface area contributed by atoms with Crippen molar-refractivity contribution in [2.45, 2.75) is 38.3 Å². The fraction of sp³-hybridized carbons (Fsp3) is 0.259. The highest BCUT2D eigenvalue weighted by molar-refractivity contribution is 6.31. The van der Waals surface area contributed by atoms with Gasteiger partial charge >= 0.3 is 5.97 Å².